The molecule has 0 amide bonds. The predicted octanol–water partition coefficient (Wildman–Crippen LogP) is 1.27. The Balaban J connectivity index is 1.90. The van der Waals surface area contributed by atoms with Crippen LogP contribution >= 0.6 is 0 Å². The number of nitrogens with zero attached hydrogens (tertiary/aromatic N) is 1. The van der Waals surface area contributed by atoms with Gasteiger partial charge in [0.15, 0.2) is 5.72 Å². The minimum absolute atomic E-state index is 0.782. The molecule has 80 valence electrons. The lowest BCUT2D eigenvalue weighted by atomic mass is 10.1. The lowest BCUT2D eigenvalue weighted by molar-refractivity contribution is -0.0596. The zero-order chi connectivity index (χ0) is 10.7. The van der Waals surface area contributed by atoms with Gasteiger partial charge in [-0.1, -0.05) is 30.3 Å². The SMILES string of the molecule is CC1(O)C=CNN1CCc1ccccc1. The fourth-order valence-electron chi connectivity index (χ4n) is 1.68. The van der Waals surface area contributed by atoms with E-state index in [1.165, 1.54) is 5.56 Å². The third kappa shape index (κ3) is 2.37. The van der Waals surface area contributed by atoms with Crippen LogP contribution in [0.15, 0.2) is 42.6 Å². The highest BCUT2D eigenvalue weighted by Crippen LogP contribution is 2.15. The molecular weight excluding hydrogens is 188 g/mol. The second-order valence-corrected chi connectivity index (χ2v) is 3.94. The number of hydrogen-bond donors (Lipinski definition) is 2. The maximum absolute atomic E-state index is 9.91. The first-order valence-electron chi connectivity index (χ1n) is 5.16. The van der Waals surface area contributed by atoms with E-state index in [1.807, 2.05) is 23.2 Å². The van der Waals surface area contributed by atoms with Crippen molar-refractivity contribution < 1.29 is 5.11 Å². The van der Waals surface area contributed by atoms with E-state index in [9.17, 15) is 5.11 Å². The Morgan fingerprint density at radius 3 is 2.67 bits per heavy atom. The molecule has 1 aliphatic rings. The highest BCUT2D eigenvalue weighted by Gasteiger charge is 2.29. The van der Waals surface area contributed by atoms with Crippen molar-refractivity contribution in [3.8, 4) is 0 Å². The van der Waals surface area contributed by atoms with Crippen LogP contribution in [-0.2, 0) is 6.42 Å². The molecular formula is C12H16N2O. The first kappa shape index (κ1) is 10.2. The van der Waals surface area contributed by atoms with Gasteiger partial charge in [-0.05, 0) is 25.0 Å². The van der Waals surface area contributed by atoms with Gasteiger partial charge in [-0.2, -0.15) is 5.01 Å². The number of hydrazine groups is 1. The van der Waals surface area contributed by atoms with Gasteiger partial charge in [0, 0.05) is 12.7 Å². The fraction of sp³-hybridized carbons (Fsp3) is 0.333. The Bertz CT molecular complexity index is 346. The lowest BCUT2D eigenvalue weighted by Crippen LogP contribution is -2.47. The van der Waals surface area contributed by atoms with Gasteiger partial charge in [0.05, 0.1) is 0 Å². The Labute approximate surface area is 90.0 Å². The first-order valence-corrected chi connectivity index (χ1v) is 5.16. The van der Waals surface area contributed by atoms with Gasteiger partial charge >= 0.3 is 0 Å². The summed E-state index contributed by atoms with van der Waals surface area (Å²) >= 11 is 0. The van der Waals surface area contributed by atoms with Crippen molar-refractivity contribution in [2.45, 2.75) is 19.1 Å². The minimum atomic E-state index is -0.866. The minimum Gasteiger partial charge on any atom is -0.371 e. The molecule has 0 saturated carbocycles. The summed E-state index contributed by atoms with van der Waals surface area (Å²) in [4.78, 5) is 0. The van der Waals surface area contributed by atoms with Crippen molar-refractivity contribution in [1.82, 2.24) is 10.4 Å². The molecule has 1 atom stereocenters. The van der Waals surface area contributed by atoms with Crippen LogP contribution in [0.4, 0.5) is 0 Å². The molecule has 2 N–H and O–H groups in total. The van der Waals surface area contributed by atoms with Gasteiger partial charge < -0.3 is 10.5 Å². The van der Waals surface area contributed by atoms with E-state index in [-0.39, 0.29) is 0 Å². The topological polar surface area (TPSA) is 35.5 Å². The van der Waals surface area contributed by atoms with Gasteiger partial charge in [0.1, 0.15) is 0 Å². The standard InChI is InChI=1S/C12H16N2O/c1-12(15)8-9-13-14(12)10-7-11-5-3-2-4-6-11/h2-6,8-9,13,15H,7,10H2,1H3. The van der Waals surface area contributed by atoms with E-state index in [2.05, 4.69) is 17.6 Å². The van der Waals surface area contributed by atoms with E-state index < -0.39 is 5.72 Å². The molecule has 0 fully saturated rings. The molecule has 1 aromatic rings. The maximum atomic E-state index is 9.91. The van der Waals surface area contributed by atoms with Crippen LogP contribution in [0.5, 0.6) is 0 Å². The van der Waals surface area contributed by atoms with Gasteiger partial charge in [0.2, 0.25) is 0 Å². The molecule has 1 aliphatic heterocycles. The number of hydrogen-bond acceptors (Lipinski definition) is 3. The van der Waals surface area contributed by atoms with Crippen molar-refractivity contribution in [1.29, 1.82) is 0 Å². The summed E-state index contributed by atoms with van der Waals surface area (Å²) in [6, 6.07) is 10.3. The quantitative estimate of drug-likeness (QED) is 0.778. The van der Waals surface area contributed by atoms with E-state index >= 15 is 0 Å². The van der Waals surface area contributed by atoms with Gasteiger partial charge in [-0.15, -0.1) is 0 Å². The number of aliphatic hydroxyl groups is 1. The zero-order valence-electron chi connectivity index (χ0n) is 8.85. The third-order valence-electron chi connectivity index (χ3n) is 2.64. The van der Waals surface area contributed by atoms with Crippen LogP contribution < -0.4 is 5.43 Å². The molecule has 1 unspecified atom stereocenters. The van der Waals surface area contributed by atoms with E-state index in [1.54, 1.807) is 19.2 Å². The summed E-state index contributed by atoms with van der Waals surface area (Å²) in [6.45, 7) is 2.55. The van der Waals surface area contributed by atoms with Crippen LogP contribution in [0.3, 0.4) is 0 Å². The van der Waals surface area contributed by atoms with Crippen LogP contribution in [0, 0.1) is 0 Å². The molecule has 15 heavy (non-hydrogen) atoms. The lowest BCUT2D eigenvalue weighted by Gasteiger charge is -2.28. The largest absolute Gasteiger partial charge is 0.371 e. The molecule has 0 spiro atoms. The van der Waals surface area contributed by atoms with E-state index in [0.717, 1.165) is 13.0 Å². The second-order valence-electron chi connectivity index (χ2n) is 3.94. The summed E-state index contributed by atoms with van der Waals surface area (Å²) in [6.07, 6.45) is 4.44. The average Bonchev–Trinajstić information content (AvgIpc) is 2.56. The fourth-order valence-corrected chi connectivity index (χ4v) is 1.68. The maximum Gasteiger partial charge on any atom is 0.152 e. The molecule has 1 heterocycles. The molecule has 0 aromatic heterocycles. The van der Waals surface area contributed by atoms with E-state index in [4.69, 9.17) is 0 Å². The second kappa shape index (κ2) is 4.04. The Kier molecular flexibility index (Phi) is 2.75. The molecule has 0 saturated heterocycles. The Morgan fingerprint density at radius 1 is 1.33 bits per heavy atom. The predicted molar refractivity (Wildman–Crippen MR) is 59.8 cm³/mol. The normalized spacial score (nSPS) is 25.5. The van der Waals surface area contributed by atoms with Crippen molar-refractivity contribution in [2.24, 2.45) is 0 Å². The van der Waals surface area contributed by atoms with Gasteiger partial charge in [0.25, 0.3) is 0 Å². The van der Waals surface area contributed by atoms with Crippen LogP contribution in [0.25, 0.3) is 0 Å². The van der Waals surface area contributed by atoms with Crippen molar-refractivity contribution >= 4 is 0 Å². The van der Waals surface area contributed by atoms with Crippen LogP contribution in [-0.4, -0.2) is 22.4 Å². The average molecular weight is 204 g/mol. The molecule has 3 nitrogen and oxygen atoms in total. The van der Waals surface area contributed by atoms with Crippen molar-refractivity contribution in [3.05, 3.63) is 48.2 Å². The summed E-state index contributed by atoms with van der Waals surface area (Å²) in [5.74, 6) is 0. The zero-order valence-corrected chi connectivity index (χ0v) is 8.85. The third-order valence-corrected chi connectivity index (χ3v) is 2.64. The Hall–Kier alpha value is -1.32. The number of benzene rings is 1. The smallest absolute Gasteiger partial charge is 0.152 e. The molecule has 1 aromatic carbocycles. The summed E-state index contributed by atoms with van der Waals surface area (Å²) in [5, 5.41) is 11.7. The van der Waals surface area contributed by atoms with Gasteiger partial charge in [-0.25, -0.2) is 0 Å². The summed E-state index contributed by atoms with van der Waals surface area (Å²) in [7, 11) is 0. The summed E-state index contributed by atoms with van der Waals surface area (Å²) in [5.41, 5.74) is 3.43. The molecule has 2 rings (SSSR count). The molecule has 0 bridgehead atoms. The monoisotopic (exact) mass is 204 g/mol. The Morgan fingerprint density at radius 2 is 2.07 bits per heavy atom. The number of rotatable bonds is 3. The van der Waals surface area contributed by atoms with Crippen LogP contribution in [0.1, 0.15) is 12.5 Å². The molecule has 3 heteroatoms. The van der Waals surface area contributed by atoms with Gasteiger partial charge in [-0.3, -0.25) is 0 Å². The summed E-state index contributed by atoms with van der Waals surface area (Å²) < 4.78 is 0. The molecule has 0 radical (unpaired) electrons. The van der Waals surface area contributed by atoms with Crippen molar-refractivity contribution in [2.75, 3.05) is 6.54 Å². The van der Waals surface area contributed by atoms with E-state index in [0.29, 0.717) is 0 Å². The highest BCUT2D eigenvalue weighted by molar-refractivity contribution is 5.15. The molecule has 0 aliphatic carbocycles. The first-order chi connectivity index (χ1) is 7.18. The number of nitrogens with one attached hydrogen (secondary N) is 1. The van der Waals surface area contributed by atoms with Crippen LogP contribution in [0.2, 0.25) is 0 Å². The van der Waals surface area contributed by atoms with Crippen molar-refractivity contribution in [3.63, 3.8) is 0 Å². The highest BCUT2D eigenvalue weighted by atomic mass is 16.3.